The van der Waals surface area contributed by atoms with E-state index in [2.05, 4.69) is 16.9 Å². The van der Waals surface area contributed by atoms with Crippen LogP contribution in [-0.4, -0.2) is 17.9 Å². The first-order valence-electron chi connectivity index (χ1n) is 3.87. The van der Waals surface area contributed by atoms with Crippen molar-refractivity contribution in [2.24, 2.45) is 4.99 Å². The van der Waals surface area contributed by atoms with Gasteiger partial charge in [-0.15, -0.1) is 0 Å². The van der Waals surface area contributed by atoms with Crippen LogP contribution in [0.3, 0.4) is 0 Å². The van der Waals surface area contributed by atoms with Gasteiger partial charge in [-0.2, -0.15) is 0 Å². The fourth-order valence-electron chi connectivity index (χ4n) is 0.949. The van der Waals surface area contributed by atoms with Crippen molar-refractivity contribution in [3.63, 3.8) is 0 Å². The average Bonchev–Trinajstić information content (AvgIpc) is 2.09. The Kier molecular flexibility index (Phi) is 3.17. The Bertz CT molecular complexity index is 264. The van der Waals surface area contributed by atoms with Crippen LogP contribution in [0, 0.1) is 0 Å². The minimum Gasteiger partial charge on any atom is -0.364 e. The van der Waals surface area contributed by atoms with E-state index in [0.29, 0.717) is 5.11 Å². The molecule has 0 unspecified atom stereocenters. The maximum atomic E-state index is 4.91. The summed E-state index contributed by atoms with van der Waals surface area (Å²) in [5, 5.41) is 3.35. The summed E-state index contributed by atoms with van der Waals surface area (Å²) in [5.74, 6) is 0. The van der Waals surface area contributed by atoms with Gasteiger partial charge in [0.1, 0.15) is 0 Å². The van der Waals surface area contributed by atoms with Gasteiger partial charge in [0.2, 0.25) is 0 Å². The van der Waals surface area contributed by atoms with Gasteiger partial charge in [-0.25, -0.2) is 4.99 Å². The van der Waals surface area contributed by atoms with Crippen LogP contribution in [0.1, 0.15) is 12.8 Å². The third-order valence-corrected chi connectivity index (χ3v) is 1.97. The second-order valence-corrected chi connectivity index (χ2v) is 3.04. The predicted octanol–water partition coefficient (Wildman–Crippen LogP) is 1.84. The van der Waals surface area contributed by atoms with Crippen molar-refractivity contribution in [1.29, 1.82) is 0 Å². The molecule has 0 fully saturated rings. The lowest BCUT2D eigenvalue weighted by atomic mass is 10.0. The number of nitrogens with zero attached hydrogens (tertiary/aromatic N) is 1. The van der Waals surface area contributed by atoms with Crippen LogP contribution in [-0.2, 0) is 0 Å². The number of rotatable bonds is 0. The number of allylic oxidation sites excluding steroid dienone is 3. The van der Waals surface area contributed by atoms with Crippen LogP contribution >= 0.6 is 12.2 Å². The number of hydrogen-bond acceptors (Lipinski definition) is 1. The molecule has 0 aromatic rings. The molecule has 0 amide bonds. The quantitative estimate of drug-likeness (QED) is 0.575. The minimum atomic E-state index is 0.544. The molecule has 1 aliphatic rings. The van der Waals surface area contributed by atoms with E-state index >= 15 is 0 Å². The van der Waals surface area contributed by atoms with Gasteiger partial charge < -0.3 is 5.32 Å². The smallest absolute Gasteiger partial charge is 0.192 e. The maximum Gasteiger partial charge on any atom is 0.192 e. The van der Waals surface area contributed by atoms with Crippen LogP contribution in [0.15, 0.2) is 29.3 Å². The topological polar surface area (TPSA) is 24.4 Å². The Hall–Kier alpha value is -0.960. The SMILES string of the molecule is C=C1C=CC(=NC(=S)NC)CC1. The van der Waals surface area contributed by atoms with E-state index in [9.17, 15) is 0 Å². The monoisotopic (exact) mass is 180 g/mol. The summed E-state index contributed by atoms with van der Waals surface area (Å²) in [6.45, 7) is 3.86. The molecule has 1 rings (SSSR count). The minimum absolute atomic E-state index is 0.544. The highest BCUT2D eigenvalue weighted by Gasteiger charge is 2.03. The molecule has 3 heteroatoms. The van der Waals surface area contributed by atoms with E-state index in [4.69, 9.17) is 12.2 Å². The van der Waals surface area contributed by atoms with Gasteiger partial charge in [-0.05, 0) is 31.1 Å². The van der Waals surface area contributed by atoms with Crippen molar-refractivity contribution in [1.82, 2.24) is 5.32 Å². The van der Waals surface area contributed by atoms with Crippen molar-refractivity contribution < 1.29 is 0 Å². The van der Waals surface area contributed by atoms with Gasteiger partial charge in [-0.1, -0.05) is 18.2 Å². The first-order valence-corrected chi connectivity index (χ1v) is 4.28. The van der Waals surface area contributed by atoms with E-state index in [1.165, 1.54) is 0 Å². The fraction of sp³-hybridized carbons (Fsp3) is 0.333. The summed E-state index contributed by atoms with van der Waals surface area (Å²) >= 11 is 4.91. The van der Waals surface area contributed by atoms with Gasteiger partial charge in [0, 0.05) is 12.8 Å². The Balaban J connectivity index is 2.66. The van der Waals surface area contributed by atoms with Crippen molar-refractivity contribution >= 4 is 23.0 Å². The highest BCUT2D eigenvalue weighted by atomic mass is 32.1. The lowest BCUT2D eigenvalue weighted by Gasteiger charge is -2.08. The fourth-order valence-corrected chi connectivity index (χ4v) is 1.07. The van der Waals surface area contributed by atoms with E-state index in [1.54, 1.807) is 7.05 Å². The first kappa shape index (κ1) is 9.13. The molecule has 0 aliphatic heterocycles. The molecule has 64 valence electrons. The third-order valence-electron chi connectivity index (χ3n) is 1.67. The van der Waals surface area contributed by atoms with Crippen LogP contribution in [0.2, 0.25) is 0 Å². The maximum absolute atomic E-state index is 4.91. The lowest BCUT2D eigenvalue weighted by Crippen LogP contribution is -2.15. The molecule has 0 spiro atoms. The lowest BCUT2D eigenvalue weighted by molar-refractivity contribution is 1.04. The largest absolute Gasteiger partial charge is 0.364 e. The molecule has 0 heterocycles. The molecule has 1 aliphatic carbocycles. The molecule has 1 N–H and O–H groups in total. The van der Waals surface area contributed by atoms with E-state index < -0.39 is 0 Å². The molecule has 2 nitrogen and oxygen atoms in total. The number of aliphatic imine (C=N–C) groups is 1. The van der Waals surface area contributed by atoms with Crippen molar-refractivity contribution in [3.05, 3.63) is 24.3 Å². The molecule has 0 bridgehead atoms. The van der Waals surface area contributed by atoms with Crippen LogP contribution in [0.25, 0.3) is 0 Å². The van der Waals surface area contributed by atoms with Crippen LogP contribution < -0.4 is 5.32 Å². The van der Waals surface area contributed by atoms with Crippen molar-refractivity contribution in [2.45, 2.75) is 12.8 Å². The third kappa shape index (κ3) is 2.58. The second kappa shape index (κ2) is 4.16. The van der Waals surface area contributed by atoms with Crippen molar-refractivity contribution in [2.75, 3.05) is 7.05 Å². The van der Waals surface area contributed by atoms with Gasteiger partial charge in [0.05, 0.1) is 0 Å². The molecule has 0 saturated heterocycles. The summed E-state index contributed by atoms with van der Waals surface area (Å²) in [4.78, 5) is 4.20. The zero-order valence-electron chi connectivity index (χ0n) is 7.13. The van der Waals surface area contributed by atoms with E-state index in [0.717, 1.165) is 24.1 Å². The van der Waals surface area contributed by atoms with Gasteiger partial charge in [0.25, 0.3) is 0 Å². The predicted molar refractivity (Wildman–Crippen MR) is 56.6 cm³/mol. The van der Waals surface area contributed by atoms with Crippen molar-refractivity contribution in [3.8, 4) is 0 Å². The molecule has 0 saturated carbocycles. The summed E-state index contributed by atoms with van der Waals surface area (Å²) in [6.07, 6.45) is 5.88. The molecular weight excluding hydrogens is 168 g/mol. The summed E-state index contributed by atoms with van der Waals surface area (Å²) in [5.41, 5.74) is 2.19. The Morgan fingerprint density at radius 3 is 2.83 bits per heavy atom. The Morgan fingerprint density at radius 1 is 1.58 bits per heavy atom. The Morgan fingerprint density at radius 2 is 2.33 bits per heavy atom. The van der Waals surface area contributed by atoms with Gasteiger partial charge in [-0.3, -0.25) is 0 Å². The molecule has 0 radical (unpaired) electrons. The highest BCUT2D eigenvalue weighted by molar-refractivity contribution is 7.80. The number of thiocarbonyl (C=S) groups is 1. The average molecular weight is 180 g/mol. The van der Waals surface area contributed by atoms with Gasteiger partial charge in [0.15, 0.2) is 5.11 Å². The summed E-state index contributed by atoms with van der Waals surface area (Å²) in [6, 6.07) is 0. The number of nitrogens with one attached hydrogen (secondary N) is 1. The second-order valence-electron chi connectivity index (χ2n) is 2.65. The zero-order chi connectivity index (χ0) is 8.97. The van der Waals surface area contributed by atoms with Gasteiger partial charge >= 0.3 is 0 Å². The van der Waals surface area contributed by atoms with E-state index in [1.807, 2.05) is 12.2 Å². The standard InChI is InChI=1S/C9H12N2S/c1-7-3-5-8(6-4-7)11-9(12)10-2/h3,5H,1,4,6H2,2H3,(H,10,12). The molecule has 0 aromatic heterocycles. The summed E-state index contributed by atoms with van der Waals surface area (Å²) in [7, 11) is 1.78. The normalized spacial score (nSPS) is 19.8. The van der Waals surface area contributed by atoms with Crippen LogP contribution in [0.4, 0.5) is 0 Å². The van der Waals surface area contributed by atoms with Crippen LogP contribution in [0.5, 0.6) is 0 Å². The first-order chi connectivity index (χ1) is 5.72. The zero-order valence-corrected chi connectivity index (χ0v) is 7.95. The molecule has 0 aromatic carbocycles. The summed E-state index contributed by atoms with van der Waals surface area (Å²) < 4.78 is 0. The number of hydrogen-bond donors (Lipinski definition) is 1. The molecular formula is C9H12N2S. The molecule has 12 heavy (non-hydrogen) atoms. The Labute approximate surface area is 78.1 Å². The highest BCUT2D eigenvalue weighted by Crippen LogP contribution is 2.12. The molecule has 0 atom stereocenters. The van der Waals surface area contributed by atoms with E-state index in [-0.39, 0.29) is 0 Å².